The largest absolute Gasteiger partial charge is 0.476 e. The number of aromatic carboxylic acids is 1. The number of carboxylic acid groups (broad SMARTS) is 1. The van der Waals surface area contributed by atoms with Crippen molar-refractivity contribution in [2.24, 2.45) is 0 Å². The smallest absolute Gasteiger partial charge is 0.356 e. The maximum Gasteiger partial charge on any atom is 0.356 e. The van der Waals surface area contributed by atoms with Crippen LogP contribution in [0.4, 0.5) is 5.82 Å². The summed E-state index contributed by atoms with van der Waals surface area (Å²) in [5.41, 5.74) is -0.0466. The van der Waals surface area contributed by atoms with Crippen LogP contribution in [0.2, 0.25) is 0 Å². The molecule has 1 aromatic heterocycles. The van der Waals surface area contributed by atoms with Gasteiger partial charge in [0.1, 0.15) is 5.82 Å². The third-order valence-electron chi connectivity index (χ3n) is 2.13. The highest BCUT2D eigenvalue weighted by molar-refractivity contribution is 7.99. The van der Waals surface area contributed by atoms with E-state index in [0.29, 0.717) is 5.82 Å². The van der Waals surface area contributed by atoms with Crippen molar-refractivity contribution in [3.63, 3.8) is 0 Å². The first-order chi connectivity index (χ1) is 7.44. The fraction of sp³-hybridized carbons (Fsp3) is 0.500. The van der Waals surface area contributed by atoms with Gasteiger partial charge in [0.2, 0.25) is 0 Å². The zero-order valence-corrected chi connectivity index (χ0v) is 10.3. The van der Waals surface area contributed by atoms with Gasteiger partial charge in [-0.3, -0.25) is 0 Å². The lowest BCUT2D eigenvalue weighted by Gasteiger charge is -2.22. The molecule has 0 unspecified atom stereocenters. The Morgan fingerprint density at radius 1 is 1.50 bits per heavy atom. The molecule has 16 heavy (non-hydrogen) atoms. The topological polar surface area (TPSA) is 75.1 Å². The second-order valence-electron chi connectivity index (χ2n) is 3.93. The lowest BCUT2D eigenvalue weighted by atomic mass is 10.2. The van der Waals surface area contributed by atoms with Crippen LogP contribution in [0.1, 0.15) is 24.3 Å². The number of hydrogen-bond donors (Lipinski definition) is 2. The van der Waals surface area contributed by atoms with Crippen LogP contribution in [-0.2, 0) is 0 Å². The molecule has 1 heterocycles. The zero-order chi connectivity index (χ0) is 12.2. The predicted octanol–water partition coefficient (Wildman–Crippen LogP) is 1.73. The van der Waals surface area contributed by atoms with E-state index in [0.717, 1.165) is 6.54 Å². The van der Waals surface area contributed by atoms with Gasteiger partial charge in [-0.25, -0.2) is 4.79 Å². The van der Waals surface area contributed by atoms with Crippen molar-refractivity contribution in [1.82, 2.24) is 10.2 Å². The van der Waals surface area contributed by atoms with Crippen molar-refractivity contribution in [1.29, 1.82) is 0 Å². The summed E-state index contributed by atoms with van der Waals surface area (Å²) in [6.45, 7) is 4.97. The Hall–Kier alpha value is -1.30. The summed E-state index contributed by atoms with van der Waals surface area (Å²) >= 11 is 1.75. The molecule has 0 spiro atoms. The van der Waals surface area contributed by atoms with Gasteiger partial charge < -0.3 is 10.4 Å². The molecule has 0 fully saturated rings. The van der Waals surface area contributed by atoms with Crippen LogP contribution in [0, 0.1) is 0 Å². The quantitative estimate of drug-likeness (QED) is 0.817. The Kier molecular flexibility index (Phi) is 4.12. The molecule has 0 aliphatic rings. The van der Waals surface area contributed by atoms with Crippen molar-refractivity contribution in [2.75, 3.05) is 18.1 Å². The Labute approximate surface area is 98.7 Å². The van der Waals surface area contributed by atoms with E-state index in [1.807, 2.05) is 6.26 Å². The summed E-state index contributed by atoms with van der Waals surface area (Å²) in [5.74, 6) is -0.476. The molecule has 6 heteroatoms. The molecular weight excluding hydrogens is 226 g/mol. The van der Waals surface area contributed by atoms with Crippen LogP contribution < -0.4 is 5.32 Å². The first-order valence-electron chi connectivity index (χ1n) is 4.81. The number of thioether (sulfide) groups is 1. The van der Waals surface area contributed by atoms with E-state index in [4.69, 9.17) is 5.11 Å². The van der Waals surface area contributed by atoms with Gasteiger partial charge in [-0.1, -0.05) is 0 Å². The van der Waals surface area contributed by atoms with Gasteiger partial charge >= 0.3 is 5.97 Å². The highest BCUT2D eigenvalue weighted by atomic mass is 32.2. The summed E-state index contributed by atoms with van der Waals surface area (Å²) < 4.78 is 0.104. The highest BCUT2D eigenvalue weighted by Crippen LogP contribution is 2.21. The van der Waals surface area contributed by atoms with Crippen molar-refractivity contribution < 1.29 is 9.90 Å². The molecule has 5 nitrogen and oxygen atoms in total. The monoisotopic (exact) mass is 241 g/mol. The minimum atomic E-state index is -1.07. The van der Waals surface area contributed by atoms with Gasteiger partial charge in [0.15, 0.2) is 5.69 Å². The van der Waals surface area contributed by atoms with Crippen molar-refractivity contribution >= 4 is 23.5 Å². The van der Waals surface area contributed by atoms with Gasteiger partial charge in [-0.2, -0.15) is 11.8 Å². The molecule has 0 aliphatic carbocycles. The molecule has 0 atom stereocenters. The molecule has 2 N–H and O–H groups in total. The third-order valence-corrected chi connectivity index (χ3v) is 3.38. The number of carbonyl (C=O) groups is 1. The first-order valence-corrected chi connectivity index (χ1v) is 6.03. The summed E-state index contributed by atoms with van der Waals surface area (Å²) in [4.78, 5) is 10.5. The van der Waals surface area contributed by atoms with E-state index in [-0.39, 0.29) is 10.4 Å². The Bertz CT molecular complexity index is 365. The molecule has 1 rings (SSSR count). The minimum absolute atomic E-state index is 0.0466. The SMILES string of the molecule is CSC(C)(C)CNc1ccc(C(=O)O)nn1. The molecule has 1 aromatic rings. The van der Waals surface area contributed by atoms with Crippen LogP contribution in [0.3, 0.4) is 0 Å². The van der Waals surface area contributed by atoms with E-state index in [9.17, 15) is 4.79 Å². The van der Waals surface area contributed by atoms with Gasteiger partial charge in [0.25, 0.3) is 0 Å². The number of carboxylic acids is 1. The standard InChI is InChI=1S/C10H15N3O2S/c1-10(2,16-3)6-11-8-5-4-7(9(14)15)12-13-8/h4-5H,6H2,1-3H3,(H,11,13)(H,14,15). The van der Waals surface area contributed by atoms with E-state index in [2.05, 4.69) is 29.4 Å². The number of hydrogen-bond acceptors (Lipinski definition) is 5. The molecule has 0 radical (unpaired) electrons. The number of rotatable bonds is 5. The number of nitrogens with zero attached hydrogens (tertiary/aromatic N) is 2. The Morgan fingerprint density at radius 3 is 2.62 bits per heavy atom. The fourth-order valence-corrected chi connectivity index (χ4v) is 1.13. The Balaban J connectivity index is 2.59. The first kappa shape index (κ1) is 12.8. The van der Waals surface area contributed by atoms with Crippen LogP contribution in [-0.4, -0.2) is 38.8 Å². The van der Waals surface area contributed by atoms with Gasteiger partial charge in [-0.05, 0) is 32.2 Å². The second kappa shape index (κ2) is 5.16. The van der Waals surface area contributed by atoms with Gasteiger partial charge in [-0.15, -0.1) is 10.2 Å². The normalized spacial score (nSPS) is 11.2. The molecule has 0 aromatic carbocycles. The average molecular weight is 241 g/mol. The molecule has 0 saturated carbocycles. The molecule has 88 valence electrons. The van der Waals surface area contributed by atoms with Crippen molar-refractivity contribution in [3.8, 4) is 0 Å². The molecule has 0 aliphatic heterocycles. The second-order valence-corrected chi connectivity index (χ2v) is 5.44. The number of nitrogens with one attached hydrogen (secondary N) is 1. The van der Waals surface area contributed by atoms with Crippen LogP contribution in [0.5, 0.6) is 0 Å². The molecule has 0 bridgehead atoms. The maximum absolute atomic E-state index is 10.5. The summed E-state index contributed by atoms with van der Waals surface area (Å²) in [6, 6.07) is 3.05. The van der Waals surface area contributed by atoms with Crippen molar-refractivity contribution in [3.05, 3.63) is 17.8 Å². The van der Waals surface area contributed by atoms with E-state index < -0.39 is 5.97 Å². The third kappa shape index (κ3) is 3.69. The lowest BCUT2D eigenvalue weighted by molar-refractivity contribution is 0.0689. The fourth-order valence-electron chi connectivity index (χ4n) is 0.916. The summed E-state index contributed by atoms with van der Waals surface area (Å²) in [7, 11) is 0. The summed E-state index contributed by atoms with van der Waals surface area (Å²) in [6.07, 6.45) is 2.04. The van der Waals surface area contributed by atoms with Crippen molar-refractivity contribution in [2.45, 2.75) is 18.6 Å². The van der Waals surface area contributed by atoms with Crippen LogP contribution >= 0.6 is 11.8 Å². The molecule has 0 saturated heterocycles. The number of aromatic nitrogens is 2. The van der Waals surface area contributed by atoms with E-state index in [1.54, 1.807) is 17.8 Å². The van der Waals surface area contributed by atoms with E-state index in [1.165, 1.54) is 6.07 Å². The Morgan fingerprint density at radius 2 is 2.19 bits per heavy atom. The average Bonchev–Trinajstić information content (AvgIpc) is 2.27. The minimum Gasteiger partial charge on any atom is -0.476 e. The number of anilines is 1. The maximum atomic E-state index is 10.5. The van der Waals surface area contributed by atoms with Crippen LogP contribution in [0.15, 0.2) is 12.1 Å². The van der Waals surface area contributed by atoms with Gasteiger partial charge in [0.05, 0.1) is 0 Å². The van der Waals surface area contributed by atoms with E-state index >= 15 is 0 Å². The zero-order valence-electron chi connectivity index (χ0n) is 9.52. The molecular formula is C10H15N3O2S. The summed E-state index contributed by atoms with van der Waals surface area (Å²) in [5, 5.41) is 19.1. The molecule has 0 amide bonds. The van der Waals surface area contributed by atoms with Crippen LogP contribution in [0.25, 0.3) is 0 Å². The van der Waals surface area contributed by atoms with Gasteiger partial charge in [0, 0.05) is 11.3 Å². The highest BCUT2D eigenvalue weighted by Gasteiger charge is 2.15. The lowest BCUT2D eigenvalue weighted by Crippen LogP contribution is -2.26. The predicted molar refractivity (Wildman–Crippen MR) is 65.1 cm³/mol.